The van der Waals surface area contributed by atoms with Gasteiger partial charge in [0.2, 0.25) is 0 Å². The highest BCUT2D eigenvalue weighted by molar-refractivity contribution is 5.75. The van der Waals surface area contributed by atoms with Crippen molar-refractivity contribution in [2.24, 2.45) is 0 Å². The molecule has 0 aromatic carbocycles. The third-order valence-electron chi connectivity index (χ3n) is 3.02. The SMILES string of the molecule is CCOC(=O)C1CCCCN1Cc1ccno1. The van der Waals surface area contributed by atoms with Gasteiger partial charge in [0.1, 0.15) is 6.04 Å². The van der Waals surface area contributed by atoms with Crippen LogP contribution in [0, 0.1) is 0 Å². The van der Waals surface area contributed by atoms with Crippen LogP contribution in [0.1, 0.15) is 31.9 Å². The van der Waals surface area contributed by atoms with Crippen LogP contribution in [0.3, 0.4) is 0 Å². The molecule has 0 bridgehead atoms. The molecule has 94 valence electrons. The van der Waals surface area contributed by atoms with Gasteiger partial charge in [-0.3, -0.25) is 9.69 Å². The average molecular weight is 238 g/mol. The van der Waals surface area contributed by atoms with Crippen LogP contribution in [0.4, 0.5) is 0 Å². The van der Waals surface area contributed by atoms with E-state index in [1.54, 1.807) is 6.20 Å². The molecule has 0 saturated carbocycles. The highest BCUT2D eigenvalue weighted by Crippen LogP contribution is 2.20. The van der Waals surface area contributed by atoms with Crippen LogP contribution in [0.25, 0.3) is 0 Å². The Morgan fingerprint density at radius 2 is 2.53 bits per heavy atom. The number of aromatic nitrogens is 1. The molecule has 1 aromatic heterocycles. The number of nitrogens with zero attached hydrogens (tertiary/aromatic N) is 2. The van der Waals surface area contributed by atoms with E-state index in [0.29, 0.717) is 13.2 Å². The lowest BCUT2D eigenvalue weighted by atomic mass is 10.0. The lowest BCUT2D eigenvalue weighted by Gasteiger charge is -2.32. The largest absolute Gasteiger partial charge is 0.465 e. The summed E-state index contributed by atoms with van der Waals surface area (Å²) in [4.78, 5) is 13.9. The smallest absolute Gasteiger partial charge is 0.323 e. The van der Waals surface area contributed by atoms with Crippen LogP contribution in [-0.4, -0.2) is 35.2 Å². The first-order chi connectivity index (χ1) is 8.31. The minimum Gasteiger partial charge on any atom is -0.465 e. The van der Waals surface area contributed by atoms with Crippen molar-refractivity contribution in [1.29, 1.82) is 0 Å². The number of hydrogen-bond donors (Lipinski definition) is 0. The fraction of sp³-hybridized carbons (Fsp3) is 0.667. The fourth-order valence-corrected chi connectivity index (χ4v) is 2.21. The van der Waals surface area contributed by atoms with Crippen LogP contribution in [0.15, 0.2) is 16.8 Å². The number of esters is 1. The Balaban J connectivity index is 1.99. The Morgan fingerprint density at radius 3 is 3.24 bits per heavy atom. The summed E-state index contributed by atoms with van der Waals surface area (Å²) in [6.07, 6.45) is 4.69. The second kappa shape index (κ2) is 5.82. The van der Waals surface area contributed by atoms with Gasteiger partial charge in [0.05, 0.1) is 19.3 Å². The van der Waals surface area contributed by atoms with Gasteiger partial charge in [-0.15, -0.1) is 0 Å². The van der Waals surface area contributed by atoms with Gasteiger partial charge in [0.15, 0.2) is 5.76 Å². The van der Waals surface area contributed by atoms with E-state index in [1.807, 2.05) is 13.0 Å². The number of carbonyl (C=O) groups excluding carboxylic acids is 1. The average Bonchev–Trinajstić information content (AvgIpc) is 2.83. The number of hydrogen-bond acceptors (Lipinski definition) is 5. The Hall–Kier alpha value is -1.36. The van der Waals surface area contributed by atoms with E-state index < -0.39 is 0 Å². The molecule has 0 spiro atoms. The van der Waals surface area contributed by atoms with Crippen molar-refractivity contribution in [2.45, 2.75) is 38.8 Å². The molecule has 5 heteroatoms. The van der Waals surface area contributed by atoms with Gasteiger partial charge in [-0.25, -0.2) is 0 Å². The third kappa shape index (κ3) is 3.06. The molecule has 1 atom stereocenters. The van der Waals surface area contributed by atoms with Gasteiger partial charge < -0.3 is 9.26 Å². The van der Waals surface area contributed by atoms with Crippen molar-refractivity contribution in [3.63, 3.8) is 0 Å². The van der Waals surface area contributed by atoms with Gasteiger partial charge in [-0.2, -0.15) is 0 Å². The molecule has 1 saturated heterocycles. The number of ether oxygens (including phenoxy) is 1. The van der Waals surface area contributed by atoms with Crippen molar-refractivity contribution in [2.75, 3.05) is 13.2 Å². The van der Waals surface area contributed by atoms with Crippen LogP contribution in [-0.2, 0) is 16.1 Å². The Morgan fingerprint density at radius 1 is 1.65 bits per heavy atom. The Bertz CT molecular complexity index is 351. The summed E-state index contributed by atoms with van der Waals surface area (Å²) in [5, 5.41) is 3.68. The molecule has 17 heavy (non-hydrogen) atoms. The number of rotatable bonds is 4. The van der Waals surface area contributed by atoms with Crippen molar-refractivity contribution in [3.8, 4) is 0 Å². The van der Waals surface area contributed by atoms with E-state index in [0.717, 1.165) is 31.6 Å². The zero-order valence-corrected chi connectivity index (χ0v) is 10.1. The van der Waals surface area contributed by atoms with Crippen molar-refractivity contribution >= 4 is 5.97 Å². The summed E-state index contributed by atoms with van der Waals surface area (Å²) in [5.41, 5.74) is 0. The molecule has 2 heterocycles. The zero-order valence-electron chi connectivity index (χ0n) is 10.1. The molecule has 0 amide bonds. The van der Waals surface area contributed by atoms with Gasteiger partial charge >= 0.3 is 5.97 Å². The van der Waals surface area contributed by atoms with E-state index in [1.165, 1.54) is 0 Å². The third-order valence-corrected chi connectivity index (χ3v) is 3.02. The molecule has 2 rings (SSSR count). The summed E-state index contributed by atoms with van der Waals surface area (Å²) >= 11 is 0. The molecule has 1 unspecified atom stereocenters. The first-order valence-corrected chi connectivity index (χ1v) is 6.11. The molecule has 1 aromatic rings. The minimum atomic E-state index is -0.131. The first kappa shape index (κ1) is 12.1. The van der Waals surface area contributed by atoms with Crippen molar-refractivity contribution in [1.82, 2.24) is 10.1 Å². The standard InChI is InChI=1S/C12H18N2O3/c1-2-16-12(15)11-5-3-4-8-14(11)9-10-6-7-13-17-10/h6-7,11H,2-5,8-9H2,1H3. The van der Waals surface area contributed by atoms with Crippen LogP contribution >= 0.6 is 0 Å². The Kier molecular flexibility index (Phi) is 4.14. The topological polar surface area (TPSA) is 55.6 Å². The number of piperidine rings is 1. The highest BCUT2D eigenvalue weighted by Gasteiger charge is 2.30. The van der Waals surface area contributed by atoms with Crippen molar-refractivity contribution < 1.29 is 14.1 Å². The Labute approximate surface area is 101 Å². The van der Waals surface area contributed by atoms with E-state index >= 15 is 0 Å². The summed E-state index contributed by atoms with van der Waals surface area (Å²) in [5.74, 6) is 0.674. The predicted molar refractivity (Wildman–Crippen MR) is 61.2 cm³/mol. The monoisotopic (exact) mass is 238 g/mol. The summed E-state index contributed by atoms with van der Waals surface area (Å²) < 4.78 is 10.2. The summed E-state index contributed by atoms with van der Waals surface area (Å²) in [6.45, 7) is 3.81. The maximum atomic E-state index is 11.8. The zero-order chi connectivity index (χ0) is 12.1. The molecule has 0 radical (unpaired) electrons. The molecule has 1 fully saturated rings. The number of carbonyl (C=O) groups is 1. The van der Waals surface area contributed by atoms with Gasteiger partial charge in [0.25, 0.3) is 0 Å². The predicted octanol–water partition coefficient (Wildman–Crippen LogP) is 1.59. The van der Waals surface area contributed by atoms with Crippen LogP contribution in [0.2, 0.25) is 0 Å². The van der Waals surface area contributed by atoms with Gasteiger partial charge in [-0.05, 0) is 26.3 Å². The highest BCUT2D eigenvalue weighted by atomic mass is 16.5. The van der Waals surface area contributed by atoms with E-state index in [2.05, 4.69) is 10.1 Å². The van der Waals surface area contributed by atoms with E-state index in [4.69, 9.17) is 9.26 Å². The maximum absolute atomic E-state index is 11.8. The molecular formula is C12H18N2O3. The summed E-state index contributed by atoms with van der Waals surface area (Å²) in [6, 6.07) is 1.70. The van der Waals surface area contributed by atoms with Crippen molar-refractivity contribution in [3.05, 3.63) is 18.0 Å². The normalized spacial score (nSPS) is 21.4. The van der Waals surface area contributed by atoms with E-state index in [-0.39, 0.29) is 12.0 Å². The second-order valence-corrected chi connectivity index (χ2v) is 4.21. The molecule has 5 nitrogen and oxygen atoms in total. The molecule has 0 N–H and O–H groups in total. The molecule has 1 aliphatic rings. The van der Waals surface area contributed by atoms with E-state index in [9.17, 15) is 4.79 Å². The lowest BCUT2D eigenvalue weighted by molar-refractivity contribution is -0.151. The minimum absolute atomic E-state index is 0.119. The quantitative estimate of drug-likeness (QED) is 0.746. The number of likely N-dealkylation sites (tertiary alicyclic amines) is 1. The lowest BCUT2D eigenvalue weighted by Crippen LogP contribution is -2.44. The molecule has 1 aliphatic heterocycles. The maximum Gasteiger partial charge on any atom is 0.323 e. The molecule has 0 aliphatic carbocycles. The van der Waals surface area contributed by atoms with Gasteiger partial charge in [0, 0.05) is 6.07 Å². The van der Waals surface area contributed by atoms with Crippen LogP contribution in [0.5, 0.6) is 0 Å². The molecular weight excluding hydrogens is 220 g/mol. The summed E-state index contributed by atoms with van der Waals surface area (Å²) in [7, 11) is 0. The second-order valence-electron chi connectivity index (χ2n) is 4.21. The fourth-order valence-electron chi connectivity index (χ4n) is 2.21. The van der Waals surface area contributed by atoms with Crippen LogP contribution < -0.4 is 0 Å². The first-order valence-electron chi connectivity index (χ1n) is 6.11. The van der Waals surface area contributed by atoms with Gasteiger partial charge in [-0.1, -0.05) is 11.6 Å².